The monoisotopic (exact) mass is 345 g/mol. The summed E-state index contributed by atoms with van der Waals surface area (Å²) in [6.45, 7) is 2.44. The highest BCUT2D eigenvalue weighted by molar-refractivity contribution is 9.08. The second-order valence-electron chi connectivity index (χ2n) is 4.63. The molecule has 0 atom stereocenters. The normalized spacial score (nSPS) is 10.0. The topological polar surface area (TPSA) is 42.2 Å². The number of halogens is 1. The van der Waals surface area contributed by atoms with Gasteiger partial charge in [-0.1, -0.05) is 40.2 Å². The molecular weight excluding hydrogens is 330 g/mol. The van der Waals surface area contributed by atoms with Crippen LogP contribution in [0.5, 0.6) is 11.5 Å². The van der Waals surface area contributed by atoms with Crippen LogP contribution in [0.25, 0.3) is 0 Å². The van der Waals surface area contributed by atoms with Crippen molar-refractivity contribution in [3.05, 3.63) is 58.7 Å². The molecule has 3 nitrogen and oxygen atoms in total. The molecule has 2 aromatic rings. The van der Waals surface area contributed by atoms with Gasteiger partial charge < -0.3 is 9.47 Å². The zero-order valence-corrected chi connectivity index (χ0v) is 13.6. The number of alkyl halides is 1. The van der Waals surface area contributed by atoms with Crippen LogP contribution in [0.3, 0.4) is 0 Å². The summed E-state index contributed by atoms with van der Waals surface area (Å²) < 4.78 is 11.1. The van der Waals surface area contributed by atoms with Gasteiger partial charge in [0.15, 0.2) is 0 Å². The van der Waals surface area contributed by atoms with E-state index in [2.05, 4.69) is 22.0 Å². The molecule has 0 saturated carbocycles. The van der Waals surface area contributed by atoms with Crippen molar-refractivity contribution < 1.29 is 9.47 Å². The second-order valence-corrected chi connectivity index (χ2v) is 5.19. The molecule has 0 aliphatic carbocycles. The number of nitriles is 1. The smallest absolute Gasteiger partial charge is 0.136 e. The maximum absolute atomic E-state index is 9.11. The first-order valence-corrected chi connectivity index (χ1v) is 7.66. The van der Waals surface area contributed by atoms with Gasteiger partial charge in [0.05, 0.1) is 12.7 Å². The van der Waals surface area contributed by atoms with Crippen molar-refractivity contribution in [3.8, 4) is 17.6 Å². The predicted molar refractivity (Wildman–Crippen MR) is 85.9 cm³/mol. The summed E-state index contributed by atoms with van der Waals surface area (Å²) in [5, 5.41) is 9.85. The van der Waals surface area contributed by atoms with Crippen LogP contribution >= 0.6 is 15.9 Å². The van der Waals surface area contributed by atoms with Crippen molar-refractivity contribution >= 4 is 15.9 Å². The van der Waals surface area contributed by atoms with Gasteiger partial charge in [-0.15, -0.1) is 0 Å². The number of hydrogen-bond donors (Lipinski definition) is 0. The van der Waals surface area contributed by atoms with Gasteiger partial charge in [0.2, 0.25) is 0 Å². The fourth-order valence-electron chi connectivity index (χ4n) is 2.11. The maximum atomic E-state index is 9.11. The molecule has 0 radical (unpaired) electrons. The summed E-state index contributed by atoms with van der Waals surface area (Å²) in [7, 11) is 1.56. The molecule has 0 aromatic heterocycles. The lowest BCUT2D eigenvalue weighted by Gasteiger charge is -2.13. The summed E-state index contributed by atoms with van der Waals surface area (Å²) in [5.74, 6) is 1.47. The third-order valence-corrected chi connectivity index (χ3v) is 3.81. The van der Waals surface area contributed by atoms with Crippen LogP contribution in [-0.4, -0.2) is 7.11 Å². The molecular formula is C17H16BrNO2. The number of hydrogen-bond acceptors (Lipinski definition) is 3. The van der Waals surface area contributed by atoms with Gasteiger partial charge in [0, 0.05) is 10.9 Å². The molecule has 0 spiro atoms. The summed E-state index contributed by atoms with van der Waals surface area (Å²) in [5.41, 5.74) is 3.67. The van der Waals surface area contributed by atoms with E-state index in [1.807, 2.05) is 31.2 Å². The van der Waals surface area contributed by atoms with E-state index in [0.717, 1.165) is 27.8 Å². The molecule has 0 unspecified atom stereocenters. The third kappa shape index (κ3) is 3.56. The molecule has 0 aliphatic rings. The third-order valence-electron chi connectivity index (χ3n) is 3.20. The van der Waals surface area contributed by atoms with Crippen LogP contribution in [0, 0.1) is 18.3 Å². The van der Waals surface area contributed by atoms with Crippen molar-refractivity contribution in [1.29, 1.82) is 5.26 Å². The fourth-order valence-corrected chi connectivity index (χ4v) is 2.55. The average Bonchev–Trinajstić information content (AvgIpc) is 2.53. The minimum absolute atomic E-state index is 0.420. The highest BCUT2D eigenvalue weighted by Gasteiger charge is 2.08. The predicted octanol–water partition coefficient (Wildman–Crippen LogP) is 4.35. The Morgan fingerprint density at radius 2 is 2.05 bits per heavy atom. The van der Waals surface area contributed by atoms with Gasteiger partial charge in [0.1, 0.15) is 24.2 Å². The van der Waals surface area contributed by atoms with E-state index >= 15 is 0 Å². The molecule has 0 fully saturated rings. The van der Waals surface area contributed by atoms with Gasteiger partial charge in [-0.25, -0.2) is 0 Å². The number of rotatable bonds is 5. The Labute approximate surface area is 133 Å². The molecule has 0 bridgehead atoms. The molecule has 2 rings (SSSR count). The first-order chi connectivity index (χ1) is 10.2. The highest BCUT2D eigenvalue weighted by atomic mass is 79.9. The van der Waals surface area contributed by atoms with E-state index in [-0.39, 0.29) is 0 Å². The SMILES string of the molecule is COc1ccc(COc2c(C)cccc2CBr)cc1C#N. The van der Waals surface area contributed by atoms with E-state index in [1.54, 1.807) is 19.2 Å². The largest absolute Gasteiger partial charge is 0.495 e. The Morgan fingerprint density at radius 3 is 2.71 bits per heavy atom. The van der Waals surface area contributed by atoms with E-state index < -0.39 is 0 Å². The minimum Gasteiger partial charge on any atom is -0.495 e. The van der Waals surface area contributed by atoms with Crippen molar-refractivity contribution in [3.63, 3.8) is 0 Å². The lowest BCUT2D eigenvalue weighted by Crippen LogP contribution is -2.00. The van der Waals surface area contributed by atoms with Crippen LogP contribution in [-0.2, 0) is 11.9 Å². The molecule has 0 saturated heterocycles. The van der Waals surface area contributed by atoms with E-state index in [4.69, 9.17) is 14.7 Å². The lowest BCUT2D eigenvalue weighted by atomic mass is 10.1. The van der Waals surface area contributed by atoms with Crippen molar-refractivity contribution in [1.82, 2.24) is 0 Å². The summed E-state index contributed by atoms with van der Waals surface area (Å²) in [6, 6.07) is 13.7. The van der Waals surface area contributed by atoms with Gasteiger partial charge >= 0.3 is 0 Å². The average molecular weight is 346 g/mol. The van der Waals surface area contributed by atoms with Gasteiger partial charge in [-0.3, -0.25) is 0 Å². The van der Waals surface area contributed by atoms with E-state index in [0.29, 0.717) is 17.9 Å². The summed E-state index contributed by atoms with van der Waals surface area (Å²) >= 11 is 3.47. The molecule has 0 aliphatic heterocycles. The van der Waals surface area contributed by atoms with Crippen molar-refractivity contribution in [2.75, 3.05) is 7.11 Å². The molecule has 0 N–H and O–H groups in total. The Balaban J connectivity index is 2.19. The molecule has 2 aromatic carbocycles. The zero-order chi connectivity index (χ0) is 15.2. The van der Waals surface area contributed by atoms with Crippen LogP contribution in [0.1, 0.15) is 22.3 Å². The van der Waals surface area contributed by atoms with Gasteiger partial charge in [-0.05, 0) is 30.2 Å². The standard InChI is InChI=1S/C17H16BrNO2/c1-12-4-3-5-14(9-18)17(12)21-11-13-6-7-16(20-2)15(8-13)10-19/h3-8H,9,11H2,1-2H3. The second kappa shape index (κ2) is 7.14. The Bertz CT molecular complexity index is 677. The van der Waals surface area contributed by atoms with Crippen LogP contribution in [0.15, 0.2) is 36.4 Å². The molecule has 4 heteroatoms. The number of nitrogens with zero attached hydrogens (tertiary/aromatic N) is 1. The quantitative estimate of drug-likeness (QED) is 0.756. The van der Waals surface area contributed by atoms with E-state index in [9.17, 15) is 0 Å². The van der Waals surface area contributed by atoms with Gasteiger partial charge in [-0.2, -0.15) is 5.26 Å². The molecule has 0 amide bonds. The maximum Gasteiger partial charge on any atom is 0.136 e. The molecule has 108 valence electrons. The van der Waals surface area contributed by atoms with Crippen molar-refractivity contribution in [2.24, 2.45) is 0 Å². The molecule has 21 heavy (non-hydrogen) atoms. The van der Waals surface area contributed by atoms with Crippen LogP contribution in [0.4, 0.5) is 0 Å². The number of methoxy groups -OCH3 is 1. The summed E-state index contributed by atoms with van der Waals surface area (Å²) in [6.07, 6.45) is 0. The number of aryl methyl sites for hydroxylation is 1. The Kier molecular flexibility index (Phi) is 5.24. The minimum atomic E-state index is 0.420. The van der Waals surface area contributed by atoms with E-state index in [1.165, 1.54) is 0 Å². The van der Waals surface area contributed by atoms with Crippen LogP contribution in [0.2, 0.25) is 0 Å². The molecule has 0 heterocycles. The first-order valence-electron chi connectivity index (χ1n) is 6.54. The van der Waals surface area contributed by atoms with Gasteiger partial charge in [0.25, 0.3) is 0 Å². The zero-order valence-electron chi connectivity index (χ0n) is 12.0. The summed E-state index contributed by atoms with van der Waals surface area (Å²) in [4.78, 5) is 0. The number of ether oxygens (including phenoxy) is 2. The highest BCUT2D eigenvalue weighted by Crippen LogP contribution is 2.27. The van der Waals surface area contributed by atoms with Crippen molar-refractivity contribution in [2.45, 2.75) is 18.9 Å². The number of benzene rings is 2. The first kappa shape index (κ1) is 15.4. The lowest BCUT2D eigenvalue weighted by molar-refractivity contribution is 0.301. The number of para-hydroxylation sites is 1. The Morgan fingerprint density at radius 1 is 1.24 bits per heavy atom. The Hall–Kier alpha value is -1.99. The fraction of sp³-hybridized carbons (Fsp3) is 0.235. The van der Waals surface area contributed by atoms with Crippen LogP contribution < -0.4 is 9.47 Å².